The Balaban J connectivity index is 1.55. The van der Waals surface area contributed by atoms with Gasteiger partial charge in [-0.05, 0) is 31.2 Å². The number of rotatable bonds is 6. The Morgan fingerprint density at radius 2 is 2.00 bits per heavy atom. The van der Waals surface area contributed by atoms with Crippen molar-refractivity contribution in [2.24, 2.45) is 0 Å². The molecule has 10 heteroatoms. The molecule has 0 bridgehead atoms. The number of furan rings is 1. The van der Waals surface area contributed by atoms with Gasteiger partial charge in [0.05, 0.1) is 31.7 Å². The predicted octanol–water partition coefficient (Wildman–Crippen LogP) is 5.14. The van der Waals surface area contributed by atoms with Crippen LogP contribution in [0.25, 0.3) is 11.1 Å². The van der Waals surface area contributed by atoms with Crippen LogP contribution in [-0.4, -0.2) is 34.9 Å². The van der Waals surface area contributed by atoms with Crippen molar-refractivity contribution in [2.75, 3.05) is 24.9 Å². The number of allylic oxidation sites excluding steroid dienone is 1. The zero-order valence-electron chi connectivity index (χ0n) is 19.2. The number of ether oxygens (including phenoxy) is 2. The fourth-order valence-electron chi connectivity index (χ4n) is 4.08. The molecule has 1 amide bonds. The second kappa shape index (κ2) is 9.19. The SMILES string of the molecule is COc1ccc(OC)c(NC(=O)C2=C(C)Nc3ncnn3C2c2cc(-c3ccccc3Cl)co2)c1. The van der Waals surface area contributed by atoms with Gasteiger partial charge in [0.2, 0.25) is 5.95 Å². The van der Waals surface area contributed by atoms with Crippen molar-refractivity contribution in [3.8, 4) is 22.6 Å². The highest BCUT2D eigenvalue weighted by Gasteiger charge is 2.36. The van der Waals surface area contributed by atoms with E-state index in [1.165, 1.54) is 13.4 Å². The lowest BCUT2D eigenvalue weighted by atomic mass is 9.98. The zero-order chi connectivity index (χ0) is 24.5. The largest absolute Gasteiger partial charge is 0.497 e. The maximum absolute atomic E-state index is 13.7. The highest BCUT2D eigenvalue weighted by Crippen LogP contribution is 2.39. The van der Waals surface area contributed by atoms with E-state index in [-0.39, 0.29) is 5.91 Å². The lowest BCUT2D eigenvalue weighted by Gasteiger charge is -2.27. The summed E-state index contributed by atoms with van der Waals surface area (Å²) in [4.78, 5) is 17.9. The van der Waals surface area contributed by atoms with Crippen LogP contribution in [-0.2, 0) is 4.79 Å². The average molecular weight is 492 g/mol. The number of halogens is 1. The lowest BCUT2D eigenvalue weighted by Crippen LogP contribution is -2.31. The standard InChI is InChI=1S/C25H22ClN5O4/c1-14-22(24(32)30-19-11-16(33-2)8-9-20(19)34-3)23(31-25(29-14)27-13-28-31)21-10-15(12-35-21)17-6-4-5-7-18(17)26/h4-13,23H,1-3H3,(H,30,32)(H,27,28,29). The predicted molar refractivity (Wildman–Crippen MR) is 132 cm³/mol. The number of nitrogens with one attached hydrogen (secondary N) is 2. The number of nitrogens with zero attached hydrogens (tertiary/aromatic N) is 3. The molecule has 1 unspecified atom stereocenters. The summed E-state index contributed by atoms with van der Waals surface area (Å²) in [7, 11) is 3.09. The Morgan fingerprint density at radius 1 is 1.17 bits per heavy atom. The van der Waals surface area contributed by atoms with Gasteiger partial charge < -0.3 is 24.5 Å². The molecule has 178 valence electrons. The number of fused-ring (bicyclic) bond motifs is 1. The van der Waals surface area contributed by atoms with E-state index in [0.29, 0.717) is 45.2 Å². The molecule has 0 saturated carbocycles. The van der Waals surface area contributed by atoms with Crippen LogP contribution < -0.4 is 20.1 Å². The summed E-state index contributed by atoms with van der Waals surface area (Å²) >= 11 is 6.39. The van der Waals surface area contributed by atoms with E-state index < -0.39 is 6.04 Å². The number of aromatic nitrogens is 3. The maximum atomic E-state index is 13.7. The van der Waals surface area contributed by atoms with Crippen LogP contribution >= 0.6 is 11.6 Å². The minimum absolute atomic E-state index is 0.358. The molecule has 2 aromatic carbocycles. The van der Waals surface area contributed by atoms with E-state index in [2.05, 4.69) is 20.7 Å². The summed E-state index contributed by atoms with van der Waals surface area (Å²) in [5, 5.41) is 11.0. The number of benzene rings is 2. The third-order valence-corrected chi connectivity index (χ3v) is 6.10. The quantitative estimate of drug-likeness (QED) is 0.385. The smallest absolute Gasteiger partial charge is 0.256 e. The van der Waals surface area contributed by atoms with Crippen molar-refractivity contribution < 1.29 is 18.7 Å². The van der Waals surface area contributed by atoms with Crippen LogP contribution in [0.5, 0.6) is 11.5 Å². The summed E-state index contributed by atoms with van der Waals surface area (Å²) < 4.78 is 18.3. The van der Waals surface area contributed by atoms with Gasteiger partial charge in [0.1, 0.15) is 29.6 Å². The molecule has 3 heterocycles. The van der Waals surface area contributed by atoms with Gasteiger partial charge in [0.15, 0.2) is 0 Å². The average Bonchev–Trinajstić information content (AvgIpc) is 3.53. The van der Waals surface area contributed by atoms with Gasteiger partial charge in [0, 0.05) is 27.9 Å². The van der Waals surface area contributed by atoms with Crippen LogP contribution in [0.4, 0.5) is 11.6 Å². The fraction of sp³-hybridized carbons (Fsp3) is 0.160. The first-order valence-corrected chi connectivity index (χ1v) is 11.1. The van der Waals surface area contributed by atoms with E-state index in [4.69, 9.17) is 25.5 Å². The highest BCUT2D eigenvalue weighted by molar-refractivity contribution is 6.33. The Hall–Kier alpha value is -4.24. The van der Waals surface area contributed by atoms with Crippen molar-refractivity contribution in [3.05, 3.63) is 83.2 Å². The minimum atomic E-state index is -0.665. The van der Waals surface area contributed by atoms with Crippen LogP contribution in [0, 0.1) is 0 Å². The molecule has 9 nitrogen and oxygen atoms in total. The topological polar surface area (TPSA) is 103 Å². The van der Waals surface area contributed by atoms with Crippen molar-refractivity contribution in [1.82, 2.24) is 14.8 Å². The molecule has 0 saturated heterocycles. The zero-order valence-corrected chi connectivity index (χ0v) is 20.0. The number of amides is 1. The molecular weight excluding hydrogens is 470 g/mol. The fourth-order valence-corrected chi connectivity index (χ4v) is 4.33. The summed E-state index contributed by atoms with van der Waals surface area (Å²) in [6.07, 6.45) is 3.04. The van der Waals surface area contributed by atoms with E-state index >= 15 is 0 Å². The number of carbonyl (C=O) groups excluding carboxylic acids is 1. The Bertz CT molecular complexity index is 1440. The van der Waals surface area contributed by atoms with Gasteiger partial charge in [-0.3, -0.25) is 4.79 Å². The van der Waals surface area contributed by atoms with Crippen LogP contribution in [0.3, 0.4) is 0 Å². The second-order valence-corrected chi connectivity index (χ2v) is 8.24. The molecular formula is C25H22ClN5O4. The number of methoxy groups -OCH3 is 2. The van der Waals surface area contributed by atoms with Crippen LogP contribution in [0.2, 0.25) is 5.02 Å². The van der Waals surface area contributed by atoms with E-state index in [1.54, 1.807) is 43.2 Å². The molecule has 2 N–H and O–H groups in total. The number of carbonyl (C=O) groups is 1. The molecule has 0 aliphatic carbocycles. The third kappa shape index (κ3) is 4.10. The van der Waals surface area contributed by atoms with Gasteiger partial charge in [-0.25, -0.2) is 4.68 Å². The Morgan fingerprint density at radius 3 is 2.77 bits per heavy atom. The molecule has 1 aliphatic heterocycles. The molecule has 1 atom stereocenters. The molecule has 4 aromatic rings. The first-order valence-electron chi connectivity index (χ1n) is 10.7. The summed E-state index contributed by atoms with van der Waals surface area (Å²) in [5.41, 5.74) is 3.11. The van der Waals surface area contributed by atoms with Gasteiger partial charge >= 0.3 is 0 Å². The van der Waals surface area contributed by atoms with Crippen LogP contribution in [0.15, 0.2) is 76.8 Å². The van der Waals surface area contributed by atoms with E-state index in [0.717, 1.165) is 11.1 Å². The van der Waals surface area contributed by atoms with Gasteiger partial charge in [-0.2, -0.15) is 10.1 Å². The number of hydrogen-bond acceptors (Lipinski definition) is 7. The van der Waals surface area contributed by atoms with Crippen LogP contribution in [0.1, 0.15) is 18.7 Å². The third-order valence-electron chi connectivity index (χ3n) is 5.77. The number of anilines is 2. The van der Waals surface area contributed by atoms with Gasteiger partial charge in [-0.1, -0.05) is 29.8 Å². The molecule has 5 rings (SSSR count). The van der Waals surface area contributed by atoms with Crippen molar-refractivity contribution in [3.63, 3.8) is 0 Å². The molecule has 0 spiro atoms. The molecule has 2 aromatic heterocycles. The van der Waals surface area contributed by atoms with Crippen molar-refractivity contribution in [1.29, 1.82) is 0 Å². The minimum Gasteiger partial charge on any atom is -0.497 e. The first-order chi connectivity index (χ1) is 17.0. The number of hydrogen-bond donors (Lipinski definition) is 2. The summed E-state index contributed by atoms with van der Waals surface area (Å²) in [5.74, 6) is 1.73. The normalized spacial score (nSPS) is 14.8. The summed E-state index contributed by atoms with van der Waals surface area (Å²) in [6, 6.07) is 13.9. The Kier molecular flexibility index (Phi) is 5.92. The second-order valence-electron chi connectivity index (χ2n) is 7.83. The monoisotopic (exact) mass is 491 g/mol. The molecule has 35 heavy (non-hydrogen) atoms. The van der Waals surface area contributed by atoms with E-state index in [1.807, 2.05) is 30.3 Å². The highest BCUT2D eigenvalue weighted by atomic mass is 35.5. The van der Waals surface area contributed by atoms with Crippen molar-refractivity contribution >= 4 is 29.1 Å². The Labute approximate surface area is 206 Å². The van der Waals surface area contributed by atoms with Crippen molar-refractivity contribution in [2.45, 2.75) is 13.0 Å². The molecule has 0 fully saturated rings. The molecule has 1 aliphatic rings. The maximum Gasteiger partial charge on any atom is 0.256 e. The summed E-state index contributed by atoms with van der Waals surface area (Å²) in [6.45, 7) is 1.81. The molecule has 0 radical (unpaired) electrons. The van der Waals surface area contributed by atoms with Gasteiger partial charge in [0.25, 0.3) is 5.91 Å². The lowest BCUT2D eigenvalue weighted by molar-refractivity contribution is -0.113. The first kappa shape index (κ1) is 22.5. The van der Waals surface area contributed by atoms with Gasteiger partial charge in [-0.15, -0.1) is 0 Å². The van der Waals surface area contributed by atoms with E-state index in [9.17, 15) is 4.79 Å².